The highest BCUT2D eigenvalue weighted by molar-refractivity contribution is 5.98. The van der Waals surface area contributed by atoms with Crippen LogP contribution in [-0.2, 0) is 9.53 Å². The molecule has 0 radical (unpaired) electrons. The van der Waals surface area contributed by atoms with E-state index in [0.29, 0.717) is 24.7 Å². The summed E-state index contributed by atoms with van der Waals surface area (Å²) in [6, 6.07) is 3.97. The third-order valence-electron chi connectivity index (χ3n) is 3.06. The Balaban J connectivity index is 2.81. The number of ether oxygens (including phenoxy) is 3. The number of hydrogen-bond donors (Lipinski definition) is 2. The van der Waals surface area contributed by atoms with E-state index < -0.39 is 24.0 Å². The van der Waals surface area contributed by atoms with Crippen molar-refractivity contribution >= 4 is 17.9 Å². The molecule has 0 heterocycles. The lowest BCUT2D eigenvalue weighted by Crippen LogP contribution is -2.43. The predicted molar refractivity (Wildman–Crippen MR) is 90.9 cm³/mol. The fourth-order valence-electron chi connectivity index (χ4n) is 1.79. The zero-order chi connectivity index (χ0) is 18.8. The number of urea groups is 1. The van der Waals surface area contributed by atoms with Crippen molar-refractivity contribution in [2.24, 2.45) is 0 Å². The maximum Gasteiger partial charge on any atom is 0.339 e. The molecule has 1 rings (SSSR count). The number of amides is 3. The number of carbonyl (C=O) groups excluding carboxylic acids is 3. The average molecular weight is 352 g/mol. The molecular formula is C17H24N2O6. The molecule has 25 heavy (non-hydrogen) atoms. The Kier molecular flexibility index (Phi) is 8.25. The van der Waals surface area contributed by atoms with Crippen LogP contribution in [0.2, 0.25) is 0 Å². The Morgan fingerprint density at radius 2 is 1.84 bits per heavy atom. The second kappa shape index (κ2) is 10.2. The van der Waals surface area contributed by atoms with Gasteiger partial charge in [-0.3, -0.25) is 10.1 Å². The van der Waals surface area contributed by atoms with Crippen LogP contribution in [0.25, 0.3) is 0 Å². The minimum Gasteiger partial charge on any atom is -0.490 e. The van der Waals surface area contributed by atoms with E-state index in [-0.39, 0.29) is 5.56 Å². The number of carbonyl (C=O) groups is 3. The lowest BCUT2D eigenvalue weighted by Gasteiger charge is -2.15. The number of hydrogen-bond acceptors (Lipinski definition) is 6. The van der Waals surface area contributed by atoms with Crippen molar-refractivity contribution in [1.82, 2.24) is 10.6 Å². The van der Waals surface area contributed by atoms with Gasteiger partial charge in [-0.25, -0.2) is 9.59 Å². The molecule has 0 aliphatic rings. The Morgan fingerprint density at radius 3 is 2.44 bits per heavy atom. The van der Waals surface area contributed by atoms with Gasteiger partial charge in [0.1, 0.15) is 0 Å². The van der Waals surface area contributed by atoms with Gasteiger partial charge in [0.15, 0.2) is 17.6 Å². The number of benzene rings is 1. The first-order valence-corrected chi connectivity index (χ1v) is 8.06. The second-order valence-corrected chi connectivity index (χ2v) is 5.06. The van der Waals surface area contributed by atoms with E-state index in [9.17, 15) is 14.4 Å². The van der Waals surface area contributed by atoms with Crippen LogP contribution in [0, 0.1) is 0 Å². The molecule has 0 bridgehead atoms. The molecule has 0 saturated carbocycles. The first-order chi connectivity index (χ1) is 11.9. The SMILES string of the molecule is CCCOc1ccc(C(=O)O[C@@H](C)C(=O)NC(=O)NC)cc1OCC. The van der Waals surface area contributed by atoms with Crippen LogP contribution in [0.15, 0.2) is 18.2 Å². The molecule has 0 aliphatic carbocycles. The van der Waals surface area contributed by atoms with Gasteiger partial charge in [0.05, 0.1) is 18.8 Å². The molecule has 0 aromatic heterocycles. The lowest BCUT2D eigenvalue weighted by atomic mass is 10.2. The van der Waals surface area contributed by atoms with E-state index in [1.807, 2.05) is 19.2 Å². The molecule has 0 saturated heterocycles. The molecule has 3 amide bonds. The standard InChI is InChI=1S/C17H24N2O6/c1-5-9-24-13-8-7-12(10-14(13)23-6-2)16(21)25-11(3)15(20)19-17(22)18-4/h7-8,10-11H,5-6,9H2,1-4H3,(H2,18,19,20,22)/t11-/m0/s1. The molecule has 8 nitrogen and oxygen atoms in total. The van der Waals surface area contributed by atoms with Crippen molar-refractivity contribution in [2.45, 2.75) is 33.3 Å². The molecule has 138 valence electrons. The highest BCUT2D eigenvalue weighted by Crippen LogP contribution is 2.29. The minimum atomic E-state index is -1.13. The zero-order valence-corrected chi connectivity index (χ0v) is 14.9. The summed E-state index contributed by atoms with van der Waals surface area (Å²) in [5.74, 6) is -0.471. The van der Waals surface area contributed by atoms with Crippen LogP contribution in [0.1, 0.15) is 37.6 Å². The number of rotatable bonds is 8. The molecule has 1 atom stereocenters. The largest absolute Gasteiger partial charge is 0.490 e. The van der Waals surface area contributed by atoms with E-state index in [1.165, 1.54) is 26.1 Å². The summed E-state index contributed by atoms with van der Waals surface area (Å²) in [5, 5.41) is 4.28. The maximum absolute atomic E-state index is 12.2. The number of esters is 1. The van der Waals surface area contributed by atoms with Crippen LogP contribution >= 0.6 is 0 Å². The predicted octanol–water partition coefficient (Wildman–Crippen LogP) is 1.87. The lowest BCUT2D eigenvalue weighted by molar-refractivity contribution is -0.127. The topological polar surface area (TPSA) is 103 Å². The van der Waals surface area contributed by atoms with Crippen LogP contribution in [0.5, 0.6) is 11.5 Å². The molecule has 8 heteroatoms. The van der Waals surface area contributed by atoms with E-state index in [0.717, 1.165) is 6.42 Å². The van der Waals surface area contributed by atoms with E-state index in [1.54, 1.807) is 6.07 Å². The molecular weight excluding hydrogens is 328 g/mol. The summed E-state index contributed by atoms with van der Waals surface area (Å²) in [7, 11) is 1.37. The number of nitrogens with one attached hydrogen (secondary N) is 2. The summed E-state index contributed by atoms with van der Waals surface area (Å²) < 4.78 is 16.1. The van der Waals surface area contributed by atoms with Crippen molar-refractivity contribution in [1.29, 1.82) is 0 Å². The first-order valence-electron chi connectivity index (χ1n) is 8.06. The first kappa shape index (κ1) is 20.3. The van der Waals surface area contributed by atoms with Gasteiger partial charge in [0.2, 0.25) is 0 Å². The Bertz CT molecular complexity index is 617. The Hall–Kier alpha value is -2.77. The van der Waals surface area contributed by atoms with E-state index in [4.69, 9.17) is 14.2 Å². The summed E-state index contributed by atoms with van der Waals surface area (Å²) >= 11 is 0. The molecule has 0 unspecified atom stereocenters. The third kappa shape index (κ3) is 6.33. The third-order valence-corrected chi connectivity index (χ3v) is 3.06. The van der Waals surface area contributed by atoms with Crippen molar-refractivity contribution in [3.05, 3.63) is 23.8 Å². The van der Waals surface area contributed by atoms with E-state index in [2.05, 4.69) is 5.32 Å². The van der Waals surface area contributed by atoms with Gasteiger partial charge < -0.3 is 19.5 Å². The molecule has 1 aromatic rings. The maximum atomic E-state index is 12.2. The average Bonchev–Trinajstić information content (AvgIpc) is 2.60. The summed E-state index contributed by atoms with van der Waals surface area (Å²) in [6.07, 6.45) is -0.288. The van der Waals surface area contributed by atoms with Gasteiger partial charge in [-0.15, -0.1) is 0 Å². The van der Waals surface area contributed by atoms with Gasteiger partial charge in [0.25, 0.3) is 5.91 Å². The van der Waals surface area contributed by atoms with Crippen LogP contribution in [-0.4, -0.2) is 44.3 Å². The smallest absolute Gasteiger partial charge is 0.339 e. The fourth-order valence-corrected chi connectivity index (χ4v) is 1.79. The summed E-state index contributed by atoms with van der Waals surface area (Å²) in [6.45, 7) is 6.11. The van der Waals surface area contributed by atoms with Crippen LogP contribution in [0.3, 0.4) is 0 Å². The second-order valence-electron chi connectivity index (χ2n) is 5.06. The van der Waals surface area contributed by atoms with Crippen molar-refractivity contribution < 1.29 is 28.6 Å². The van der Waals surface area contributed by atoms with Crippen molar-refractivity contribution in [2.75, 3.05) is 20.3 Å². The quantitative estimate of drug-likeness (QED) is 0.693. The normalized spacial score (nSPS) is 11.2. The van der Waals surface area contributed by atoms with Crippen molar-refractivity contribution in [3.8, 4) is 11.5 Å². The summed E-state index contributed by atoms with van der Waals surface area (Å²) in [4.78, 5) is 35.0. The molecule has 0 aliphatic heterocycles. The van der Waals surface area contributed by atoms with Crippen molar-refractivity contribution in [3.63, 3.8) is 0 Å². The van der Waals surface area contributed by atoms with Gasteiger partial charge in [0, 0.05) is 7.05 Å². The van der Waals surface area contributed by atoms with Gasteiger partial charge in [-0.2, -0.15) is 0 Å². The highest BCUT2D eigenvalue weighted by Gasteiger charge is 2.21. The zero-order valence-electron chi connectivity index (χ0n) is 14.9. The highest BCUT2D eigenvalue weighted by atomic mass is 16.5. The van der Waals surface area contributed by atoms with Crippen LogP contribution < -0.4 is 20.1 Å². The Morgan fingerprint density at radius 1 is 1.12 bits per heavy atom. The molecule has 0 spiro atoms. The number of imide groups is 1. The Labute approximate surface area is 146 Å². The molecule has 2 N–H and O–H groups in total. The summed E-state index contributed by atoms with van der Waals surface area (Å²) in [5.41, 5.74) is 0.215. The molecule has 0 fully saturated rings. The van der Waals surface area contributed by atoms with Gasteiger partial charge >= 0.3 is 12.0 Å². The fraction of sp³-hybridized carbons (Fsp3) is 0.471. The van der Waals surface area contributed by atoms with Gasteiger partial charge in [-0.05, 0) is 38.5 Å². The van der Waals surface area contributed by atoms with Gasteiger partial charge in [-0.1, -0.05) is 6.92 Å². The van der Waals surface area contributed by atoms with Crippen LogP contribution in [0.4, 0.5) is 4.79 Å². The molecule has 1 aromatic carbocycles. The minimum absolute atomic E-state index is 0.215. The van der Waals surface area contributed by atoms with E-state index >= 15 is 0 Å². The monoisotopic (exact) mass is 352 g/mol.